The highest BCUT2D eigenvalue weighted by molar-refractivity contribution is 6.03. The fourth-order valence-corrected chi connectivity index (χ4v) is 3.20. The van der Waals surface area contributed by atoms with Gasteiger partial charge in [-0.15, -0.1) is 0 Å². The highest BCUT2D eigenvalue weighted by Gasteiger charge is 2.25. The Labute approximate surface area is 149 Å². The molecule has 1 aliphatic rings. The molecular weight excluding hydrogens is 335 g/mol. The molecule has 0 spiro atoms. The first kappa shape index (κ1) is 16.1. The van der Waals surface area contributed by atoms with Crippen molar-refractivity contribution in [1.29, 1.82) is 5.26 Å². The molecule has 1 saturated heterocycles. The van der Waals surface area contributed by atoms with E-state index < -0.39 is 5.82 Å². The first-order chi connectivity index (χ1) is 12.7. The zero-order valence-electron chi connectivity index (χ0n) is 13.9. The molecule has 1 fully saturated rings. The molecule has 0 atom stereocenters. The third-order valence-electron chi connectivity index (χ3n) is 4.52. The molecular formula is C19H15FN4O2. The number of fused-ring (bicyclic) bond motifs is 1. The van der Waals surface area contributed by atoms with E-state index in [4.69, 9.17) is 9.68 Å². The third kappa shape index (κ3) is 2.86. The van der Waals surface area contributed by atoms with Crippen LogP contribution < -0.4 is 4.90 Å². The van der Waals surface area contributed by atoms with E-state index in [9.17, 15) is 9.18 Å². The van der Waals surface area contributed by atoms with Crippen LogP contribution in [0.2, 0.25) is 0 Å². The van der Waals surface area contributed by atoms with Crippen molar-refractivity contribution in [3.05, 3.63) is 59.7 Å². The van der Waals surface area contributed by atoms with E-state index in [1.807, 2.05) is 11.0 Å². The van der Waals surface area contributed by atoms with Gasteiger partial charge in [0, 0.05) is 44.1 Å². The molecule has 4 rings (SSSR count). The highest BCUT2D eigenvalue weighted by atomic mass is 19.1. The lowest BCUT2D eigenvalue weighted by Gasteiger charge is -2.36. The maximum atomic E-state index is 13.7. The fraction of sp³-hybridized carbons (Fsp3) is 0.211. The lowest BCUT2D eigenvalue weighted by Crippen LogP contribution is -2.48. The molecule has 2 aromatic heterocycles. The number of carbonyl (C=O) groups excluding carboxylic acids is 1. The topological polar surface area (TPSA) is 73.4 Å². The number of hydrogen-bond donors (Lipinski definition) is 0. The Kier molecular flexibility index (Phi) is 4.01. The monoisotopic (exact) mass is 350 g/mol. The second-order valence-electron chi connectivity index (χ2n) is 6.08. The van der Waals surface area contributed by atoms with Crippen molar-refractivity contribution in [2.75, 3.05) is 31.1 Å². The summed E-state index contributed by atoms with van der Waals surface area (Å²) < 4.78 is 19.1. The van der Waals surface area contributed by atoms with Gasteiger partial charge >= 0.3 is 0 Å². The van der Waals surface area contributed by atoms with Crippen LogP contribution in [-0.4, -0.2) is 42.0 Å². The van der Waals surface area contributed by atoms with Crippen LogP contribution in [0.4, 0.5) is 10.1 Å². The zero-order valence-corrected chi connectivity index (χ0v) is 13.9. The smallest absolute Gasteiger partial charge is 0.257 e. The van der Waals surface area contributed by atoms with Crippen molar-refractivity contribution >= 4 is 22.7 Å². The van der Waals surface area contributed by atoms with Crippen molar-refractivity contribution < 1.29 is 13.6 Å². The largest absolute Gasteiger partial charge is 0.462 e. The summed E-state index contributed by atoms with van der Waals surface area (Å²) in [5.41, 5.74) is 2.58. The van der Waals surface area contributed by atoms with Gasteiger partial charge in [0.2, 0.25) is 0 Å². The Bertz CT molecular complexity index is 1020. The number of halogens is 1. The maximum absolute atomic E-state index is 13.7. The highest BCUT2D eigenvalue weighted by Crippen LogP contribution is 2.23. The van der Waals surface area contributed by atoms with Crippen LogP contribution in [0.15, 0.2) is 47.2 Å². The minimum absolute atomic E-state index is 0.107. The number of anilines is 1. The molecule has 1 amide bonds. The van der Waals surface area contributed by atoms with Crippen molar-refractivity contribution in [3.63, 3.8) is 0 Å². The Morgan fingerprint density at radius 2 is 2.00 bits per heavy atom. The van der Waals surface area contributed by atoms with Gasteiger partial charge in [0.15, 0.2) is 5.58 Å². The second kappa shape index (κ2) is 6.48. The minimum Gasteiger partial charge on any atom is -0.462 e. The van der Waals surface area contributed by atoms with Gasteiger partial charge in [0.05, 0.1) is 23.5 Å². The first-order valence-corrected chi connectivity index (χ1v) is 8.23. The Hall–Kier alpha value is -3.40. The predicted octanol–water partition coefficient (Wildman–Crippen LogP) is 2.80. The number of benzene rings is 1. The summed E-state index contributed by atoms with van der Waals surface area (Å²) in [5.74, 6) is -0.543. The Balaban J connectivity index is 1.50. The zero-order chi connectivity index (χ0) is 18.1. The van der Waals surface area contributed by atoms with Crippen LogP contribution in [0.1, 0.15) is 15.9 Å². The predicted molar refractivity (Wildman–Crippen MR) is 93.2 cm³/mol. The Morgan fingerprint density at radius 3 is 2.77 bits per heavy atom. The van der Waals surface area contributed by atoms with Crippen molar-refractivity contribution in [2.24, 2.45) is 0 Å². The second-order valence-corrected chi connectivity index (χ2v) is 6.08. The van der Waals surface area contributed by atoms with Gasteiger partial charge in [-0.3, -0.25) is 9.78 Å². The molecule has 3 heterocycles. The van der Waals surface area contributed by atoms with Gasteiger partial charge in [0.1, 0.15) is 11.3 Å². The van der Waals surface area contributed by atoms with Gasteiger partial charge in [-0.25, -0.2) is 4.39 Å². The molecule has 0 N–H and O–H groups in total. The molecule has 130 valence electrons. The average Bonchev–Trinajstić information content (AvgIpc) is 3.16. The summed E-state index contributed by atoms with van der Waals surface area (Å²) in [7, 11) is 0. The van der Waals surface area contributed by atoms with E-state index in [2.05, 4.69) is 4.98 Å². The summed E-state index contributed by atoms with van der Waals surface area (Å²) in [5, 5.41) is 8.99. The van der Waals surface area contributed by atoms with Crippen LogP contribution in [0.5, 0.6) is 0 Å². The van der Waals surface area contributed by atoms with Crippen molar-refractivity contribution in [3.8, 4) is 6.07 Å². The Morgan fingerprint density at radius 1 is 1.19 bits per heavy atom. The molecule has 0 saturated carbocycles. The van der Waals surface area contributed by atoms with Crippen LogP contribution in [-0.2, 0) is 0 Å². The summed E-state index contributed by atoms with van der Waals surface area (Å²) in [4.78, 5) is 20.7. The number of piperazine rings is 1. The molecule has 0 aliphatic carbocycles. The quantitative estimate of drug-likeness (QED) is 0.710. The van der Waals surface area contributed by atoms with E-state index in [0.717, 1.165) is 0 Å². The number of rotatable bonds is 2. The number of nitrogens with zero attached hydrogens (tertiary/aromatic N) is 4. The summed E-state index contributed by atoms with van der Waals surface area (Å²) in [6.45, 7) is 2.13. The van der Waals surface area contributed by atoms with Gasteiger partial charge in [-0.05, 0) is 24.3 Å². The molecule has 0 unspecified atom stereocenters. The number of hydrogen-bond acceptors (Lipinski definition) is 5. The standard InChI is InChI=1S/C19H15FN4O2/c20-14-9-13(12-21)10-15(11-14)23-4-6-24(7-5-23)19(25)16-1-3-22-17-2-8-26-18(16)17/h1-3,8-11H,4-7H2. The average molecular weight is 350 g/mol. The lowest BCUT2D eigenvalue weighted by atomic mass is 10.1. The lowest BCUT2D eigenvalue weighted by molar-refractivity contribution is 0.0747. The summed E-state index contributed by atoms with van der Waals surface area (Å²) in [6.07, 6.45) is 3.11. The normalized spacial score (nSPS) is 14.5. The van der Waals surface area contributed by atoms with E-state index in [0.29, 0.717) is 48.5 Å². The number of nitriles is 1. The molecule has 0 bridgehead atoms. The van der Waals surface area contributed by atoms with Crippen molar-refractivity contribution in [1.82, 2.24) is 9.88 Å². The molecule has 3 aromatic rings. The molecule has 26 heavy (non-hydrogen) atoms. The number of pyridine rings is 1. The van der Waals surface area contributed by atoms with Crippen LogP contribution >= 0.6 is 0 Å². The van der Waals surface area contributed by atoms with E-state index in [1.54, 1.807) is 29.3 Å². The summed E-state index contributed by atoms with van der Waals surface area (Å²) in [6, 6.07) is 9.63. The van der Waals surface area contributed by atoms with Gasteiger partial charge < -0.3 is 14.2 Å². The number of furan rings is 1. The third-order valence-corrected chi connectivity index (χ3v) is 4.52. The van der Waals surface area contributed by atoms with Gasteiger partial charge in [0.25, 0.3) is 5.91 Å². The van der Waals surface area contributed by atoms with E-state index in [-0.39, 0.29) is 11.5 Å². The molecule has 0 radical (unpaired) electrons. The fourth-order valence-electron chi connectivity index (χ4n) is 3.20. The van der Waals surface area contributed by atoms with Crippen LogP contribution in [0.25, 0.3) is 11.1 Å². The van der Waals surface area contributed by atoms with Crippen LogP contribution in [0, 0.1) is 17.1 Å². The molecule has 1 aliphatic heterocycles. The molecule has 6 nitrogen and oxygen atoms in total. The number of carbonyl (C=O) groups is 1. The minimum atomic E-state index is -0.436. The number of amides is 1. The van der Waals surface area contributed by atoms with Crippen LogP contribution in [0.3, 0.4) is 0 Å². The van der Waals surface area contributed by atoms with Crippen molar-refractivity contribution in [2.45, 2.75) is 0 Å². The van der Waals surface area contributed by atoms with E-state index >= 15 is 0 Å². The van der Waals surface area contributed by atoms with Gasteiger partial charge in [-0.1, -0.05) is 0 Å². The maximum Gasteiger partial charge on any atom is 0.257 e. The first-order valence-electron chi connectivity index (χ1n) is 8.23. The number of aromatic nitrogens is 1. The summed E-state index contributed by atoms with van der Waals surface area (Å²) >= 11 is 0. The SMILES string of the molecule is N#Cc1cc(F)cc(N2CCN(C(=O)c3ccnc4ccoc34)CC2)c1. The molecule has 7 heteroatoms. The molecule has 1 aromatic carbocycles. The van der Waals surface area contributed by atoms with Gasteiger partial charge in [-0.2, -0.15) is 5.26 Å². The van der Waals surface area contributed by atoms with E-state index in [1.165, 1.54) is 18.4 Å².